The first-order valence-corrected chi connectivity index (χ1v) is 7.33. The van der Waals surface area contributed by atoms with Crippen LogP contribution in [0.5, 0.6) is 0 Å². The summed E-state index contributed by atoms with van der Waals surface area (Å²) in [5.41, 5.74) is 2.33. The van der Waals surface area contributed by atoms with Gasteiger partial charge in [-0.3, -0.25) is 0 Å². The van der Waals surface area contributed by atoms with Crippen molar-refractivity contribution in [3.05, 3.63) is 35.4 Å². The summed E-state index contributed by atoms with van der Waals surface area (Å²) in [6, 6.07) is 8.03. The lowest BCUT2D eigenvalue weighted by atomic mass is 9.94. The quantitative estimate of drug-likeness (QED) is 0.890. The van der Waals surface area contributed by atoms with Crippen LogP contribution in [-0.2, 0) is 6.54 Å². The Hall–Kier alpha value is -1.55. The van der Waals surface area contributed by atoms with Gasteiger partial charge in [0.05, 0.1) is 6.10 Å². The predicted molar refractivity (Wildman–Crippen MR) is 79.4 cm³/mol. The molecule has 4 nitrogen and oxygen atoms in total. The molecular weight excluding hydrogens is 252 g/mol. The zero-order valence-electron chi connectivity index (χ0n) is 12.3. The fraction of sp³-hybridized carbons (Fsp3) is 0.562. The molecule has 2 N–H and O–H groups in total. The molecule has 1 aliphatic rings. The molecule has 110 valence electrons. The second-order valence-electron chi connectivity index (χ2n) is 5.67. The highest BCUT2D eigenvalue weighted by molar-refractivity contribution is 5.74. The van der Waals surface area contributed by atoms with Gasteiger partial charge >= 0.3 is 6.03 Å². The van der Waals surface area contributed by atoms with Gasteiger partial charge in [-0.15, -0.1) is 0 Å². The number of benzene rings is 1. The summed E-state index contributed by atoms with van der Waals surface area (Å²) in [5, 5.41) is 12.6. The number of hydrogen-bond acceptors (Lipinski definition) is 2. The Morgan fingerprint density at radius 2 is 2.25 bits per heavy atom. The number of nitrogens with zero attached hydrogens (tertiary/aromatic N) is 1. The molecule has 0 aromatic heterocycles. The second-order valence-corrected chi connectivity index (χ2v) is 5.67. The number of hydrogen-bond donors (Lipinski definition) is 2. The Morgan fingerprint density at radius 3 is 2.95 bits per heavy atom. The second kappa shape index (κ2) is 6.75. The van der Waals surface area contributed by atoms with Gasteiger partial charge in [0.15, 0.2) is 0 Å². The molecule has 1 fully saturated rings. The maximum atomic E-state index is 12.2. The predicted octanol–water partition coefficient (Wildman–Crippen LogP) is 2.30. The zero-order valence-corrected chi connectivity index (χ0v) is 12.3. The van der Waals surface area contributed by atoms with Crippen molar-refractivity contribution in [2.75, 3.05) is 13.1 Å². The standard InChI is InChI=1S/C16H24N2O2/c1-12-6-3-4-7-14(12)10-17-16(20)18-9-5-8-15(11-18)13(2)19/h3-4,6-7,13,15,19H,5,8-11H2,1-2H3,(H,17,20). The summed E-state index contributed by atoms with van der Waals surface area (Å²) >= 11 is 0. The van der Waals surface area contributed by atoms with Crippen LogP contribution >= 0.6 is 0 Å². The number of likely N-dealkylation sites (tertiary alicyclic amines) is 1. The van der Waals surface area contributed by atoms with E-state index in [0.717, 1.165) is 24.9 Å². The number of urea groups is 1. The van der Waals surface area contributed by atoms with Crippen LogP contribution in [0.25, 0.3) is 0 Å². The summed E-state index contributed by atoms with van der Waals surface area (Å²) in [6.45, 7) is 5.84. The van der Waals surface area contributed by atoms with E-state index in [4.69, 9.17) is 0 Å². The van der Waals surface area contributed by atoms with Crippen molar-refractivity contribution in [2.45, 2.75) is 39.3 Å². The molecule has 0 spiro atoms. The molecule has 0 bridgehead atoms. The average molecular weight is 276 g/mol. The van der Waals surface area contributed by atoms with Gasteiger partial charge in [0.1, 0.15) is 0 Å². The maximum absolute atomic E-state index is 12.2. The molecule has 1 heterocycles. The third kappa shape index (κ3) is 3.73. The lowest BCUT2D eigenvalue weighted by Crippen LogP contribution is -2.47. The Kier molecular flexibility index (Phi) is 5.01. The Labute approximate surface area is 120 Å². The molecule has 1 aromatic rings. The summed E-state index contributed by atoms with van der Waals surface area (Å²) in [5.74, 6) is 0.202. The highest BCUT2D eigenvalue weighted by atomic mass is 16.3. The number of aliphatic hydroxyl groups excluding tert-OH is 1. The number of aliphatic hydroxyl groups is 1. The summed E-state index contributed by atoms with van der Waals surface area (Å²) in [4.78, 5) is 14.0. The van der Waals surface area contributed by atoms with Crippen LogP contribution in [0.4, 0.5) is 4.79 Å². The fourth-order valence-electron chi connectivity index (χ4n) is 2.68. The zero-order chi connectivity index (χ0) is 14.5. The first-order chi connectivity index (χ1) is 9.58. The van der Waals surface area contributed by atoms with E-state index in [1.165, 1.54) is 5.56 Å². The first kappa shape index (κ1) is 14.9. The molecular formula is C16H24N2O2. The van der Waals surface area contributed by atoms with E-state index in [0.29, 0.717) is 13.1 Å². The molecule has 1 aliphatic heterocycles. The molecule has 2 amide bonds. The van der Waals surface area contributed by atoms with Gasteiger partial charge in [0.25, 0.3) is 0 Å². The highest BCUT2D eigenvalue weighted by Crippen LogP contribution is 2.19. The number of aryl methyl sites for hydroxylation is 1. The van der Waals surface area contributed by atoms with Gasteiger partial charge < -0.3 is 15.3 Å². The summed E-state index contributed by atoms with van der Waals surface area (Å²) in [7, 11) is 0. The Balaban J connectivity index is 1.87. The van der Waals surface area contributed by atoms with Gasteiger partial charge in [-0.25, -0.2) is 4.79 Å². The molecule has 2 atom stereocenters. The normalized spacial score (nSPS) is 20.6. The molecule has 2 unspecified atom stereocenters. The molecule has 1 saturated heterocycles. The molecule has 0 saturated carbocycles. The van der Waals surface area contributed by atoms with Crippen LogP contribution < -0.4 is 5.32 Å². The highest BCUT2D eigenvalue weighted by Gasteiger charge is 2.26. The summed E-state index contributed by atoms with van der Waals surface area (Å²) < 4.78 is 0. The van der Waals surface area contributed by atoms with Crippen LogP contribution in [0.1, 0.15) is 30.9 Å². The van der Waals surface area contributed by atoms with Crippen LogP contribution in [0.15, 0.2) is 24.3 Å². The minimum atomic E-state index is -0.345. The molecule has 0 aliphatic carbocycles. The van der Waals surface area contributed by atoms with Crippen molar-refractivity contribution in [3.63, 3.8) is 0 Å². The van der Waals surface area contributed by atoms with Crippen LogP contribution in [0.2, 0.25) is 0 Å². The third-order valence-electron chi connectivity index (χ3n) is 4.12. The van der Waals surface area contributed by atoms with Gasteiger partial charge in [-0.1, -0.05) is 24.3 Å². The molecule has 20 heavy (non-hydrogen) atoms. The van der Waals surface area contributed by atoms with E-state index in [1.54, 1.807) is 6.92 Å². The monoisotopic (exact) mass is 276 g/mol. The maximum Gasteiger partial charge on any atom is 0.317 e. The van der Waals surface area contributed by atoms with Crippen LogP contribution in [-0.4, -0.2) is 35.2 Å². The summed E-state index contributed by atoms with van der Waals surface area (Å²) in [6.07, 6.45) is 1.62. The van der Waals surface area contributed by atoms with Crippen molar-refractivity contribution >= 4 is 6.03 Å². The van der Waals surface area contributed by atoms with Crippen molar-refractivity contribution < 1.29 is 9.90 Å². The minimum absolute atomic E-state index is 0.0291. The van der Waals surface area contributed by atoms with Crippen LogP contribution in [0.3, 0.4) is 0 Å². The van der Waals surface area contributed by atoms with Crippen LogP contribution in [0, 0.1) is 12.8 Å². The van der Waals surface area contributed by atoms with E-state index < -0.39 is 0 Å². The van der Waals surface area contributed by atoms with Crippen molar-refractivity contribution in [2.24, 2.45) is 5.92 Å². The van der Waals surface area contributed by atoms with E-state index in [9.17, 15) is 9.90 Å². The number of nitrogens with one attached hydrogen (secondary N) is 1. The van der Waals surface area contributed by atoms with Gasteiger partial charge in [-0.05, 0) is 37.8 Å². The van der Waals surface area contributed by atoms with E-state index >= 15 is 0 Å². The number of piperidine rings is 1. The molecule has 4 heteroatoms. The lowest BCUT2D eigenvalue weighted by Gasteiger charge is -2.34. The average Bonchev–Trinajstić information content (AvgIpc) is 2.46. The SMILES string of the molecule is Cc1ccccc1CNC(=O)N1CCCC(C(C)O)C1. The number of amides is 2. The number of rotatable bonds is 3. The third-order valence-corrected chi connectivity index (χ3v) is 4.12. The largest absolute Gasteiger partial charge is 0.393 e. The topological polar surface area (TPSA) is 52.6 Å². The van der Waals surface area contributed by atoms with Gasteiger partial charge in [0, 0.05) is 25.6 Å². The Bertz CT molecular complexity index is 460. The smallest absolute Gasteiger partial charge is 0.317 e. The number of carbonyl (C=O) groups is 1. The van der Waals surface area contributed by atoms with E-state index in [1.807, 2.05) is 36.1 Å². The van der Waals surface area contributed by atoms with Crippen molar-refractivity contribution in [3.8, 4) is 0 Å². The molecule has 0 radical (unpaired) electrons. The number of carbonyl (C=O) groups excluding carboxylic acids is 1. The van der Waals surface area contributed by atoms with Gasteiger partial charge in [-0.2, -0.15) is 0 Å². The molecule has 1 aromatic carbocycles. The van der Waals surface area contributed by atoms with Gasteiger partial charge in [0.2, 0.25) is 0 Å². The van der Waals surface area contributed by atoms with Crippen molar-refractivity contribution in [1.29, 1.82) is 0 Å². The molecule has 2 rings (SSSR count). The fourth-order valence-corrected chi connectivity index (χ4v) is 2.68. The van der Waals surface area contributed by atoms with E-state index in [2.05, 4.69) is 5.32 Å². The van der Waals surface area contributed by atoms with E-state index in [-0.39, 0.29) is 18.1 Å². The minimum Gasteiger partial charge on any atom is -0.393 e. The van der Waals surface area contributed by atoms with Crippen molar-refractivity contribution in [1.82, 2.24) is 10.2 Å². The first-order valence-electron chi connectivity index (χ1n) is 7.33. The Morgan fingerprint density at radius 1 is 1.50 bits per heavy atom. The lowest BCUT2D eigenvalue weighted by molar-refractivity contribution is 0.0738.